The maximum Gasteiger partial charge on any atom is 0.452 e. The standard InChI is InChI=1S/C19H11F4N3O/c20-15-3-1-2-4-16(15)27-14-8-5-12(6-9-14)13-7-10-17-24-25-18(19(21,22)23)26(17)11-13/h1-11H. The van der Waals surface area contributed by atoms with Crippen molar-refractivity contribution in [1.29, 1.82) is 0 Å². The Balaban J connectivity index is 1.65. The van der Waals surface area contributed by atoms with Crippen molar-refractivity contribution in [3.63, 3.8) is 0 Å². The van der Waals surface area contributed by atoms with Crippen LogP contribution in [0.15, 0.2) is 66.9 Å². The molecule has 0 bridgehead atoms. The number of hydrogen-bond acceptors (Lipinski definition) is 3. The minimum atomic E-state index is -4.60. The summed E-state index contributed by atoms with van der Waals surface area (Å²) in [6.07, 6.45) is -3.28. The first-order valence-electron chi connectivity index (χ1n) is 7.86. The number of nitrogens with zero attached hydrogens (tertiary/aromatic N) is 3. The van der Waals surface area contributed by atoms with E-state index in [9.17, 15) is 17.6 Å². The van der Waals surface area contributed by atoms with Crippen LogP contribution in [0.25, 0.3) is 16.8 Å². The zero-order chi connectivity index (χ0) is 19.0. The van der Waals surface area contributed by atoms with Gasteiger partial charge in [-0.05, 0) is 47.5 Å². The fourth-order valence-corrected chi connectivity index (χ4v) is 2.62. The van der Waals surface area contributed by atoms with Gasteiger partial charge >= 0.3 is 6.18 Å². The molecule has 0 unspecified atom stereocenters. The number of rotatable bonds is 3. The summed E-state index contributed by atoms with van der Waals surface area (Å²) in [6.45, 7) is 0. The van der Waals surface area contributed by atoms with E-state index in [1.807, 2.05) is 0 Å². The Hall–Kier alpha value is -3.42. The highest BCUT2D eigenvalue weighted by Gasteiger charge is 2.36. The topological polar surface area (TPSA) is 39.4 Å². The van der Waals surface area contributed by atoms with E-state index in [1.165, 1.54) is 24.4 Å². The van der Waals surface area contributed by atoms with Gasteiger partial charge in [-0.25, -0.2) is 4.39 Å². The average molecular weight is 373 g/mol. The second-order valence-corrected chi connectivity index (χ2v) is 5.72. The summed E-state index contributed by atoms with van der Waals surface area (Å²) in [5, 5.41) is 6.73. The van der Waals surface area contributed by atoms with Crippen LogP contribution in [0.2, 0.25) is 0 Å². The molecule has 0 radical (unpaired) electrons. The van der Waals surface area contributed by atoms with E-state index in [4.69, 9.17) is 4.74 Å². The third-order valence-electron chi connectivity index (χ3n) is 3.91. The van der Waals surface area contributed by atoms with Crippen LogP contribution in [-0.4, -0.2) is 14.6 Å². The zero-order valence-corrected chi connectivity index (χ0v) is 13.6. The molecule has 4 rings (SSSR count). The van der Waals surface area contributed by atoms with Gasteiger partial charge in [-0.1, -0.05) is 24.3 Å². The molecule has 0 amide bonds. The number of pyridine rings is 1. The van der Waals surface area contributed by atoms with E-state index in [-0.39, 0.29) is 11.4 Å². The highest BCUT2D eigenvalue weighted by atomic mass is 19.4. The van der Waals surface area contributed by atoms with Gasteiger partial charge in [-0.15, -0.1) is 10.2 Å². The number of para-hydroxylation sites is 1. The van der Waals surface area contributed by atoms with Crippen molar-refractivity contribution in [1.82, 2.24) is 14.6 Å². The lowest BCUT2D eigenvalue weighted by atomic mass is 10.1. The van der Waals surface area contributed by atoms with Gasteiger partial charge in [0.15, 0.2) is 17.2 Å². The summed E-state index contributed by atoms with van der Waals surface area (Å²) in [4.78, 5) is 0. The largest absolute Gasteiger partial charge is 0.454 e. The Bertz CT molecular complexity index is 1100. The maximum atomic E-state index is 13.6. The predicted molar refractivity (Wildman–Crippen MR) is 89.9 cm³/mol. The van der Waals surface area contributed by atoms with Gasteiger partial charge in [0.25, 0.3) is 0 Å². The molecule has 2 heterocycles. The van der Waals surface area contributed by atoms with Crippen LogP contribution in [-0.2, 0) is 6.18 Å². The van der Waals surface area contributed by atoms with Crippen LogP contribution in [0.1, 0.15) is 5.82 Å². The van der Waals surface area contributed by atoms with E-state index < -0.39 is 17.8 Å². The quantitative estimate of drug-likeness (QED) is 0.455. The Kier molecular flexibility index (Phi) is 4.02. The molecule has 0 fully saturated rings. The number of hydrogen-bond donors (Lipinski definition) is 0. The second kappa shape index (κ2) is 6.39. The van der Waals surface area contributed by atoms with Crippen LogP contribution in [0.5, 0.6) is 11.5 Å². The summed E-state index contributed by atoms with van der Waals surface area (Å²) in [6, 6.07) is 15.7. The molecular formula is C19H11F4N3O. The monoisotopic (exact) mass is 373 g/mol. The first kappa shape index (κ1) is 17.0. The molecule has 0 saturated heterocycles. The lowest BCUT2D eigenvalue weighted by molar-refractivity contribution is -0.145. The molecule has 0 spiro atoms. The number of fused-ring (bicyclic) bond motifs is 1. The van der Waals surface area contributed by atoms with E-state index >= 15 is 0 Å². The van der Waals surface area contributed by atoms with Gasteiger partial charge in [-0.2, -0.15) is 13.2 Å². The van der Waals surface area contributed by atoms with Crippen molar-refractivity contribution in [3.05, 3.63) is 78.5 Å². The maximum absolute atomic E-state index is 13.6. The van der Waals surface area contributed by atoms with Crippen molar-refractivity contribution in [2.24, 2.45) is 0 Å². The van der Waals surface area contributed by atoms with Gasteiger partial charge in [-0.3, -0.25) is 4.40 Å². The number of alkyl halides is 3. The summed E-state index contributed by atoms with van der Waals surface area (Å²) in [5.41, 5.74) is 1.32. The molecule has 0 aliphatic heterocycles. The molecule has 0 N–H and O–H groups in total. The number of halogens is 4. The fraction of sp³-hybridized carbons (Fsp3) is 0.0526. The van der Waals surface area contributed by atoms with Gasteiger partial charge in [0.2, 0.25) is 5.82 Å². The summed E-state index contributed by atoms with van der Waals surface area (Å²) < 4.78 is 59.0. The van der Waals surface area contributed by atoms with Crippen molar-refractivity contribution in [2.75, 3.05) is 0 Å². The smallest absolute Gasteiger partial charge is 0.452 e. The summed E-state index contributed by atoms with van der Waals surface area (Å²) in [7, 11) is 0. The lowest BCUT2D eigenvalue weighted by Gasteiger charge is -2.09. The lowest BCUT2D eigenvalue weighted by Crippen LogP contribution is -2.10. The molecule has 0 aliphatic carbocycles. The second-order valence-electron chi connectivity index (χ2n) is 5.72. The molecule has 2 aromatic heterocycles. The highest BCUT2D eigenvalue weighted by molar-refractivity contribution is 5.65. The first-order chi connectivity index (χ1) is 12.9. The zero-order valence-electron chi connectivity index (χ0n) is 13.6. The minimum Gasteiger partial charge on any atom is -0.454 e. The molecule has 27 heavy (non-hydrogen) atoms. The van der Waals surface area contributed by atoms with Gasteiger partial charge < -0.3 is 4.74 Å². The van der Waals surface area contributed by atoms with Crippen LogP contribution in [0, 0.1) is 5.82 Å². The molecule has 136 valence electrons. The Morgan fingerprint density at radius 1 is 0.815 bits per heavy atom. The highest BCUT2D eigenvalue weighted by Crippen LogP contribution is 2.30. The molecule has 4 aromatic rings. The average Bonchev–Trinajstić information content (AvgIpc) is 3.08. The Morgan fingerprint density at radius 3 is 2.22 bits per heavy atom. The van der Waals surface area contributed by atoms with Crippen molar-refractivity contribution >= 4 is 5.65 Å². The number of aromatic nitrogens is 3. The van der Waals surface area contributed by atoms with Crippen molar-refractivity contribution in [2.45, 2.75) is 6.18 Å². The first-order valence-corrected chi connectivity index (χ1v) is 7.86. The van der Waals surface area contributed by atoms with E-state index in [0.29, 0.717) is 16.9 Å². The minimum absolute atomic E-state index is 0.0889. The molecule has 8 heteroatoms. The van der Waals surface area contributed by atoms with Crippen LogP contribution in [0.4, 0.5) is 17.6 Å². The van der Waals surface area contributed by atoms with Crippen LogP contribution in [0.3, 0.4) is 0 Å². The predicted octanol–water partition coefficient (Wildman–Crippen LogP) is 5.35. The number of benzene rings is 2. The Labute approximate surface area is 150 Å². The van der Waals surface area contributed by atoms with E-state index in [2.05, 4.69) is 10.2 Å². The molecule has 0 atom stereocenters. The third-order valence-corrected chi connectivity index (χ3v) is 3.91. The normalized spacial score (nSPS) is 11.7. The van der Waals surface area contributed by atoms with Crippen molar-refractivity contribution < 1.29 is 22.3 Å². The molecular weight excluding hydrogens is 362 g/mol. The van der Waals surface area contributed by atoms with Crippen molar-refractivity contribution in [3.8, 4) is 22.6 Å². The van der Waals surface area contributed by atoms with Crippen LogP contribution < -0.4 is 4.74 Å². The number of ether oxygens (including phenoxy) is 1. The Morgan fingerprint density at radius 2 is 1.52 bits per heavy atom. The van der Waals surface area contributed by atoms with Gasteiger partial charge in [0, 0.05) is 6.20 Å². The molecule has 2 aromatic carbocycles. The van der Waals surface area contributed by atoms with Gasteiger partial charge in [0.1, 0.15) is 5.75 Å². The fourth-order valence-electron chi connectivity index (χ4n) is 2.62. The molecule has 0 aliphatic rings. The SMILES string of the molecule is Fc1ccccc1Oc1ccc(-c2ccc3nnc(C(F)(F)F)n3c2)cc1. The third kappa shape index (κ3) is 3.33. The van der Waals surface area contributed by atoms with Gasteiger partial charge in [0.05, 0.1) is 0 Å². The molecule has 4 nitrogen and oxygen atoms in total. The van der Waals surface area contributed by atoms with E-state index in [1.54, 1.807) is 42.5 Å². The summed E-state index contributed by atoms with van der Waals surface area (Å²) >= 11 is 0. The van der Waals surface area contributed by atoms with E-state index in [0.717, 1.165) is 4.40 Å². The van der Waals surface area contributed by atoms with Crippen LogP contribution >= 0.6 is 0 Å². The molecule has 0 saturated carbocycles. The summed E-state index contributed by atoms with van der Waals surface area (Å²) in [5.74, 6) is -1.07.